The third kappa shape index (κ3) is 2.87. The van der Waals surface area contributed by atoms with E-state index in [2.05, 4.69) is 44.5 Å². The quantitative estimate of drug-likeness (QED) is 0.884. The van der Waals surface area contributed by atoms with Crippen LogP contribution in [0.3, 0.4) is 0 Å². The molecule has 100 valence electrons. The lowest BCUT2D eigenvalue weighted by molar-refractivity contribution is 0.257. The monoisotopic (exact) mass is 283 g/mol. The van der Waals surface area contributed by atoms with Crippen LogP contribution < -0.4 is 5.32 Å². The Hall–Kier alpha value is -0.180. The van der Waals surface area contributed by atoms with Crippen molar-refractivity contribution in [3.63, 3.8) is 0 Å². The second kappa shape index (κ2) is 5.44. The topological polar surface area (TPSA) is 12.0 Å². The van der Waals surface area contributed by atoms with Gasteiger partial charge in [0.15, 0.2) is 0 Å². The van der Waals surface area contributed by atoms with Crippen molar-refractivity contribution in [2.45, 2.75) is 39.3 Å². The molecule has 0 spiro atoms. The number of hydrogen-bond donors (Lipinski definition) is 1. The molecule has 1 aromatic carbocycles. The van der Waals surface area contributed by atoms with E-state index in [1.54, 1.807) is 0 Å². The Kier molecular flexibility index (Phi) is 4.30. The Balaban J connectivity index is 2.25. The number of fused-ring (bicyclic) bond motifs is 1. The van der Waals surface area contributed by atoms with Gasteiger partial charge in [0.05, 0.1) is 0 Å². The first-order valence-electron chi connectivity index (χ1n) is 6.47. The molecule has 0 aliphatic heterocycles. The van der Waals surface area contributed by atoms with Crippen molar-refractivity contribution >= 4 is 23.4 Å². The van der Waals surface area contributed by atoms with Gasteiger partial charge in [-0.15, -0.1) is 0 Å². The number of benzene rings is 1. The summed E-state index contributed by atoms with van der Waals surface area (Å²) in [6, 6.07) is 7.25. The summed E-state index contributed by atoms with van der Waals surface area (Å²) in [5, 5.41) is 4.62. The molecule has 0 amide bonds. The normalized spacial score (nSPS) is 22.8. The van der Waals surface area contributed by atoms with Gasteiger partial charge in [-0.25, -0.2) is 0 Å². The van der Waals surface area contributed by atoms with Gasteiger partial charge in [0, 0.05) is 22.9 Å². The van der Waals surface area contributed by atoms with Crippen molar-refractivity contribution in [3.8, 4) is 0 Å². The van der Waals surface area contributed by atoms with E-state index in [0.717, 1.165) is 17.2 Å². The molecule has 0 saturated heterocycles. The van der Waals surface area contributed by atoms with Gasteiger partial charge in [-0.1, -0.05) is 31.5 Å². The second-order valence-corrected chi connectivity index (χ2v) is 7.31. The van der Waals surface area contributed by atoms with Gasteiger partial charge in [0.2, 0.25) is 0 Å². The maximum Gasteiger partial charge on any atom is 0.0409 e. The summed E-state index contributed by atoms with van der Waals surface area (Å²) >= 11 is 8.04. The summed E-state index contributed by atoms with van der Waals surface area (Å²) < 4.78 is 0. The van der Waals surface area contributed by atoms with Crippen molar-refractivity contribution in [2.24, 2.45) is 5.41 Å². The molecule has 0 radical (unpaired) electrons. The predicted molar refractivity (Wildman–Crippen MR) is 82.7 cm³/mol. The van der Waals surface area contributed by atoms with E-state index >= 15 is 0 Å². The fourth-order valence-electron chi connectivity index (χ4n) is 2.91. The van der Waals surface area contributed by atoms with Crippen LogP contribution in [0.1, 0.15) is 37.9 Å². The van der Waals surface area contributed by atoms with Crippen LogP contribution in [0, 0.1) is 5.41 Å². The highest BCUT2D eigenvalue weighted by Gasteiger charge is 2.39. The highest BCUT2D eigenvalue weighted by molar-refractivity contribution is 7.98. The van der Waals surface area contributed by atoms with Crippen LogP contribution in [-0.2, 0) is 6.42 Å². The third-order valence-corrected chi connectivity index (χ3v) is 4.78. The summed E-state index contributed by atoms with van der Waals surface area (Å²) in [6.45, 7) is 6.93. The zero-order valence-electron chi connectivity index (χ0n) is 11.6. The third-order valence-electron chi connectivity index (χ3n) is 3.71. The number of hydrogen-bond acceptors (Lipinski definition) is 2. The van der Waals surface area contributed by atoms with Crippen LogP contribution in [0.25, 0.3) is 0 Å². The van der Waals surface area contributed by atoms with Gasteiger partial charge in [-0.2, -0.15) is 11.8 Å². The van der Waals surface area contributed by atoms with Crippen molar-refractivity contribution in [2.75, 3.05) is 12.0 Å². The Morgan fingerprint density at radius 2 is 2.22 bits per heavy atom. The fourth-order valence-corrected chi connectivity index (χ4v) is 3.68. The van der Waals surface area contributed by atoms with E-state index in [1.807, 2.05) is 17.8 Å². The van der Waals surface area contributed by atoms with Gasteiger partial charge < -0.3 is 5.32 Å². The van der Waals surface area contributed by atoms with Gasteiger partial charge in [-0.05, 0) is 48.3 Å². The number of rotatable bonds is 4. The molecular weight excluding hydrogens is 262 g/mol. The Morgan fingerprint density at radius 1 is 1.50 bits per heavy atom. The minimum atomic E-state index is 0.264. The Morgan fingerprint density at radius 3 is 2.89 bits per heavy atom. The lowest BCUT2D eigenvalue weighted by Crippen LogP contribution is -2.38. The summed E-state index contributed by atoms with van der Waals surface area (Å²) in [6.07, 6.45) is 3.28. The average Bonchev–Trinajstić information content (AvgIpc) is 2.51. The molecule has 0 bridgehead atoms. The number of halogens is 1. The lowest BCUT2D eigenvalue weighted by atomic mass is 9.85. The van der Waals surface area contributed by atoms with Crippen LogP contribution in [0.2, 0.25) is 5.02 Å². The van der Waals surface area contributed by atoms with Crippen molar-refractivity contribution in [1.29, 1.82) is 0 Å². The molecule has 2 unspecified atom stereocenters. The molecule has 0 heterocycles. The van der Waals surface area contributed by atoms with Gasteiger partial charge in [-0.3, -0.25) is 0 Å². The molecule has 2 rings (SSSR count). The smallest absolute Gasteiger partial charge is 0.0409 e. The molecule has 18 heavy (non-hydrogen) atoms. The molecule has 0 fully saturated rings. The van der Waals surface area contributed by atoms with Crippen LogP contribution in [0.4, 0.5) is 0 Å². The van der Waals surface area contributed by atoms with Gasteiger partial charge >= 0.3 is 0 Å². The molecule has 1 aromatic rings. The van der Waals surface area contributed by atoms with Gasteiger partial charge in [0.25, 0.3) is 0 Å². The summed E-state index contributed by atoms with van der Waals surface area (Å²) in [4.78, 5) is 0. The highest BCUT2D eigenvalue weighted by Crippen LogP contribution is 2.46. The minimum absolute atomic E-state index is 0.264. The molecule has 1 aliphatic carbocycles. The number of thioether (sulfide) groups is 1. The molecular formula is C15H22ClNS. The summed E-state index contributed by atoms with van der Waals surface area (Å²) in [5.74, 6) is 1.14. The van der Waals surface area contributed by atoms with Crippen LogP contribution in [0.5, 0.6) is 0 Å². The molecule has 1 N–H and O–H groups in total. The zero-order valence-corrected chi connectivity index (χ0v) is 13.2. The SMILES string of the molecule is CSCC(C)NC1c2cc(Cl)ccc2CC1(C)C. The fraction of sp³-hybridized carbons (Fsp3) is 0.600. The lowest BCUT2D eigenvalue weighted by Gasteiger charge is -2.31. The van der Waals surface area contributed by atoms with E-state index < -0.39 is 0 Å². The van der Waals surface area contributed by atoms with E-state index in [1.165, 1.54) is 11.1 Å². The van der Waals surface area contributed by atoms with Crippen molar-refractivity contribution in [3.05, 3.63) is 34.3 Å². The maximum atomic E-state index is 6.15. The first kappa shape index (κ1) is 14.2. The van der Waals surface area contributed by atoms with E-state index in [-0.39, 0.29) is 5.41 Å². The molecule has 1 aliphatic rings. The van der Waals surface area contributed by atoms with Crippen molar-refractivity contribution in [1.82, 2.24) is 5.32 Å². The molecule has 0 saturated carbocycles. The molecule has 0 aromatic heterocycles. The highest BCUT2D eigenvalue weighted by atomic mass is 35.5. The Bertz CT molecular complexity index is 431. The first-order valence-corrected chi connectivity index (χ1v) is 8.24. The summed E-state index contributed by atoms with van der Waals surface area (Å²) in [7, 11) is 0. The van der Waals surface area contributed by atoms with E-state index in [9.17, 15) is 0 Å². The Labute approximate surface area is 120 Å². The predicted octanol–water partition coefficient (Wildman–Crippen LogP) is 4.30. The van der Waals surface area contributed by atoms with Crippen LogP contribution in [0.15, 0.2) is 18.2 Å². The van der Waals surface area contributed by atoms with Crippen LogP contribution in [-0.4, -0.2) is 18.1 Å². The molecule has 2 atom stereocenters. The van der Waals surface area contributed by atoms with E-state index in [0.29, 0.717) is 12.1 Å². The first-order chi connectivity index (χ1) is 8.44. The van der Waals surface area contributed by atoms with Crippen LogP contribution >= 0.6 is 23.4 Å². The second-order valence-electron chi connectivity index (χ2n) is 5.96. The van der Waals surface area contributed by atoms with Gasteiger partial charge in [0.1, 0.15) is 0 Å². The minimum Gasteiger partial charge on any atom is -0.306 e. The largest absolute Gasteiger partial charge is 0.306 e. The van der Waals surface area contributed by atoms with Crippen molar-refractivity contribution < 1.29 is 0 Å². The molecule has 3 heteroatoms. The number of nitrogens with one attached hydrogen (secondary N) is 1. The zero-order chi connectivity index (χ0) is 13.3. The van der Waals surface area contributed by atoms with E-state index in [4.69, 9.17) is 11.6 Å². The molecule has 1 nitrogen and oxygen atoms in total. The standard InChI is InChI=1S/C15H22ClNS/c1-10(9-18-4)17-14-13-7-12(16)6-5-11(13)8-15(14,2)3/h5-7,10,14,17H,8-9H2,1-4H3. The summed E-state index contributed by atoms with van der Waals surface area (Å²) in [5.41, 5.74) is 3.10. The average molecular weight is 284 g/mol. The maximum absolute atomic E-state index is 6.15.